The van der Waals surface area contributed by atoms with Crippen LogP contribution in [-0.2, 0) is 27.3 Å². The number of carbonyl (C=O) groups excluding carboxylic acids is 3. The second-order valence-corrected chi connectivity index (χ2v) is 9.52. The quantitative estimate of drug-likeness (QED) is 0.456. The maximum Gasteiger partial charge on any atom is 0.328 e. The molecule has 0 unspecified atom stereocenters. The molecule has 0 bridgehead atoms. The third kappa shape index (κ3) is 3.11. The van der Waals surface area contributed by atoms with Crippen LogP contribution in [0.2, 0.25) is 0 Å². The molecule has 3 aliphatic heterocycles. The number of aromatic nitrogens is 2. The minimum absolute atomic E-state index is 0.0539. The predicted octanol–water partition coefficient (Wildman–Crippen LogP) is 1.77. The maximum atomic E-state index is 16.0. The van der Waals surface area contributed by atoms with Gasteiger partial charge < -0.3 is 24.0 Å². The lowest BCUT2D eigenvalue weighted by Crippen LogP contribution is -2.75. The highest BCUT2D eigenvalue weighted by molar-refractivity contribution is 6.20. The van der Waals surface area contributed by atoms with Crippen LogP contribution in [0.15, 0.2) is 21.2 Å². The predicted molar refractivity (Wildman–Crippen MR) is 121 cm³/mol. The van der Waals surface area contributed by atoms with Gasteiger partial charge in [0.2, 0.25) is 17.4 Å². The summed E-state index contributed by atoms with van der Waals surface area (Å²) in [6, 6.07) is 1.68. The monoisotopic (exact) mass is 498 g/mol. The van der Waals surface area contributed by atoms with Gasteiger partial charge in [0.05, 0.1) is 35.9 Å². The molecule has 13 heteroatoms. The van der Waals surface area contributed by atoms with Crippen LogP contribution in [0, 0.1) is 18.2 Å². The Labute approximate surface area is 203 Å². The molecule has 2 aromatic heterocycles. The normalized spacial score (nSPS) is 24.9. The van der Waals surface area contributed by atoms with Crippen molar-refractivity contribution >= 4 is 40.3 Å². The molecule has 188 valence electrons. The third-order valence-electron chi connectivity index (χ3n) is 7.08. The number of anilines is 2. The number of halogens is 1. The van der Waals surface area contributed by atoms with E-state index in [0.29, 0.717) is 22.4 Å². The molecular formula is C23H23FN6O6. The van der Waals surface area contributed by atoms with Crippen molar-refractivity contribution in [1.29, 1.82) is 0 Å². The van der Waals surface area contributed by atoms with E-state index < -0.39 is 41.2 Å². The van der Waals surface area contributed by atoms with Gasteiger partial charge in [0.25, 0.3) is 0 Å². The number of ether oxygens (including phenoxy) is 1. The highest BCUT2D eigenvalue weighted by atomic mass is 19.1. The summed E-state index contributed by atoms with van der Waals surface area (Å²) >= 11 is 0. The van der Waals surface area contributed by atoms with E-state index in [9.17, 15) is 14.4 Å². The number of aryl methyl sites for hydroxylation is 1. The molecule has 1 aromatic carbocycles. The number of imide groups is 2. The Kier molecular flexibility index (Phi) is 4.84. The van der Waals surface area contributed by atoms with Crippen LogP contribution in [0.25, 0.3) is 11.0 Å². The molecule has 5 heterocycles. The van der Waals surface area contributed by atoms with Crippen molar-refractivity contribution < 1.29 is 32.6 Å². The lowest BCUT2D eigenvalue weighted by Gasteiger charge is -2.55. The number of hydrogen-bond acceptors (Lipinski definition) is 10. The molecule has 4 amide bonds. The van der Waals surface area contributed by atoms with Crippen LogP contribution in [0.1, 0.15) is 30.9 Å². The van der Waals surface area contributed by atoms with Crippen LogP contribution >= 0.6 is 0 Å². The third-order valence-corrected chi connectivity index (χ3v) is 7.08. The zero-order valence-electron chi connectivity index (χ0n) is 19.7. The van der Waals surface area contributed by atoms with Crippen molar-refractivity contribution in [2.24, 2.45) is 5.41 Å². The number of nitrogens with zero attached hydrogens (tertiary/aromatic N) is 3. The smallest absolute Gasteiger partial charge is 0.328 e. The molecule has 2 fully saturated rings. The zero-order chi connectivity index (χ0) is 25.4. The van der Waals surface area contributed by atoms with Crippen LogP contribution in [-0.4, -0.2) is 53.0 Å². The maximum absolute atomic E-state index is 16.0. The van der Waals surface area contributed by atoms with E-state index in [4.69, 9.17) is 13.8 Å². The van der Waals surface area contributed by atoms with Crippen LogP contribution in [0.5, 0.6) is 0 Å². The lowest BCUT2D eigenvalue weighted by atomic mass is 9.66. The van der Waals surface area contributed by atoms with Crippen molar-refractivity contribution in [3.63, 3.8) is 0 Å². The number of benzene rings is 1. The minimum Gasteiger partial charge on any atom is -0.372 e. The molecule has 12 nitrogen and oxygen atoms in total. The minimum atomic E-state index is -1.70. The standard InChI is InChI=1S/C23H23FN6O6/c1-9-4-13(28-35-9)7-25-19-14-5-12-6-23(20(31)26-22(33)27-21(23)32)18-11(3)34-10(2)8-30(18)16(12)15(24)17(14)36-29-19/h4-5,10-11,18H,6-8H2,1-3H3,(H,25,29)(H2,26,27,31,32,33)/t10-,11+,18-/m1/s1. The summed E-state index contributed by atoms with van der Waals surface area (Å²) in [4.78, 5) is 40.1. The molecule has 1 spiro atoms. The highest BCUT2D eigenvalue weighted by Gasteiger charge is 2.63. The number of fused-ring (bicyclic) bond motifs is 5. The van der Waals surface area contributed by atoms with Crippen molar-refractivity contribution in [2.75, 3.05) is 16.8 Å². The Morgan fingerprint density at radius 1 is 1.17 bits per heavy atom. The van der Waals surface area contributed by atoms with Crippen LogP contribution < -0.4 is 20.9 Å². The van der Waals surface area contributed by atoms with Crippen LogP contribution in [0.3, 0.4) is 0 Å². The number of hydrogen-bond donors (Lipinski definition) is 3. The summed E-state index contributed by atoms with van der Waals surface area (Å²) in [5, 5.41) is 15.8. The van der Waals surface area contributed by atoms with Crippen molar-refractivity contribution in [1.82, 2.24) is 20.9 Å². The Morgan fingerprint density at radius 3 is 2.61 bits per heavy atom. The fraction of sp³-hybridized carbons (Fsp3) is 0.435. The van der Waals surface area contributed by atoms with Gasteiger partial charge in [0, 0.05) is 19.0 Å². The molecule has 0 saturated carbocycles. The molecule has 6 rings (SSSR count). The SMILES string of the molecule is Cc1cc(CNc2noc3c(F)c4c(cc23)CC2(C(=O)NC(=O)NC2=O)[C@H]2[C@H](C)O[C@H](C)CN42)no1. The fourth-order valence-electron chi connectivity index (χ4n) is 5.75. The van der Waals surface area contributed by atoms with Gasteiger partial charge in [-0.1, -0.05) is 10.3 Å². The second kappa shape index (κ2) is 7.75. The molecule has 3 aliphatic rings. The van der Waals surface area contributed by atoms with Crippen molar-refractivity contribution in [3.05, 3.63) is 35.0 Å². The molecular weight excluding hydrogens is 475 g/mol. The van der Waals surface area contributed by atoms with Gasteiger partial charge >= 0.3 is 6.03 Å². The summed E-state index contributed by atoms with van der Waals surface area (Å²) in [5.74, 6) is -1.21. The summed E-state index contributed by atoms with van der Waals surface area (Å²) in [5.41, 5.74) is -0.487. The lowest BCUT2D eigenvalue weighted by molar-refractivity contribution is -0.153. The second-order valence-electron chi connectivity index (χ2n) is 9.52. The van der Waals surface area contributed by atoms with Gasteiger partial charge in [-0.2, -0.15) is 0 Å². The molecule has 3 atom stereocenters. The number of morpholine rings is 1. The summed E-state index contributed by atoms with van der Waals surface area (Å²) in [7, 11) is 0. The first-order valence-corrected chi connectivity index (χ1v) is 11.5. The van der Waals surface area contributed by atoms with Gasteiger partial charge in [0.1, 0.15) is 11.5 Å². The first kappa shape index (κ1) is 22.5. The summed E-state index contributed by atoms with van der Waals surface area (Å²) in [6.07, 6.45) is -1.06. The summed E-state index contributed by atoms with van der Waals surface area (Å²) in [6.45, 7) is 5.82. The molecule has 3 N–H and O–H groups in total. The Hall–Kier alpha value is -4.00. The Balaban J connectivity index is 1.48. The number of carbonyl (C=O) groups is 3. The van der Waals surface area contributed by atoms with E-state index >= 15 is 4.39 Å². The molecule has 36 heavy (non-hydrogen) atoms. The van der Waals surface area contributed by atoms with Crippen molar-refractivity contribution in [3.8, 4) is 0 Å². The first-order chi connectivity index (χ1) is 17.2. The van der Waals surface area contributed by atoms with Gasteiger partial charge in [-0.3, -0.25) is 20.2 Å². The van der Waals surface area contributed by atoms with Gasteiger partial charge in [0.15, 0.2) is 17.1 Å². The van der Waals surface area contributed by atoms with E-state index in [2.05, 4.69) is 26.3 Å². The number of barbiturate groups is 1. The van der Waals surface area contributed by atoms with Gasteiger partial charge in [-0.25, -0.2) is 9.18 Å². The first-order valence-electron chi connectivity index (χ1n) is 11.5. The molecule has 0 radical (unpaired) electrons. The Morgan fingerprint density at radius 2 is 1.92 bits per heavy atom. The van der Waals surface area contributed by atoms with Gasteiger partial charge in [-0.05, 0) is 32.4 Å². The number of urea groups is 1. The van der Waals surface area contributed by atoms with E-state index in [1.54, 1.807) is 30.9 Å². The Bertz CT molecular complexity index is 1410. The highest BCUT2D eigenvalue weighted by Crippen LogP contribution is 2.49. The zero-order valence-corrected chi connectivity index (χ0v) is 19.7. The van der Waals surface area contributed by atoms with Crippen molar-refractivity contribution in [2.45, 2.75) is 52.0 Å². The molecule has 2 saturated heterocycles. The van der Waals surface area contributed by atoms with E-state index in [1.807, 2.05) is 6.92 Å². The molecule has 3 aromatic rings. The topological polar surface area (TPSA) is 152 Å². The van der Waals surface area contributed by atoms with E-state index in [-0.39, 0.29) is 42.7 Å². The van der Waals surface area contributed by atoms with Crippen LogP contribution in [0.4, 0.5) is 20.7 Å². The average molecular weight is 498 g/mol. The number of rotatable bonds is 3. The fourth-order valence-corrected chi connectivity index (χ4v) is 5.75. The van der Waals surface area contributed by atoms with E-state index in [0.717, 1.165) is 0 Å². The van der Waals surface area contributed by atoms with E-state index in [1.165, 1.54) is 0 Å². The average Bonchev–Trinajstić information content (AvgIpc) is 3.41. The number of amides is 4. The summed E-state index contributed by atoms with van der Waals surface area (Å²) < 4.78 is 32.4. The molecule has 0 aliphatic carbocycles. The largest absolute Gasteiger partial charge is 0.372 e. The number of nitrogens with one attached hydrogen (secondary N) is 3. The van der Waals surface area contributed by atoms with Gasteiger partial charge in [-0.15, -0.1) is 0 Å².